The summed E-state index contributed by atoms with van der Waals surface area (Å²) in [7, 11) is 0. The fraction of sp³-hybridized carbons (Fsp3) is 0.588. The molecule has 2 aromatic heterocycles. The van der Waals surface area contributed by atoms with E-state index in [1.165, 1.54) is 31.0 Å². The van der Waals surface area contributed by atoms with Gasteiger partial charge in [0.2, 0.25) is 0 Å². The molecule has 3 rings (SSSR count). The van der Waals surface area contributed by atoms with Gasteiger partial charge in [-0.15, -0.1) is 0 Å². The number of halogens is 2. The van der Waals surface area contributed by atoms with Gasteiger partial charge in [0.05, 0.1) is 11.1 Å². The Labute approximate surface area is 156 Å². The molecule has 3 N–H and O–H groups in total. The third kappa shape index (κ3) is 4.33. The topological polar surface area (TPSA) is 76.7 Å². The second-order valence-electron chi connectivity index (χ2n) is 6.32. The molecule has 0 amide bonds. The summed E-state index contributed by atoms with van der Waals surface area (Å²) in [5.74, 6) is 1.02. The Morgan fingerprint density at radius 2 is 2.16 bits per heavy atom. The van der Waals surface area contributed by atoms with Crippen LogP contribution in [0, 0.1) is 11.7 Å². The highest BCUT2D eigenvalue weighted by Gasteiger charge is 2.20. The van der Waals surface area contributed by atoms with E-state index in [2.05, 4.69) is 20.3 Å². The van der Waals surface area contributed by atoms with Crippen LogP contribution >= 0.6 is 23.4 Å². The molecule has 1 atom stereocenters. The standard InChI is InChI=1S/C17H23ClFN5S/c1-2-25-17-23-14-12(16(20)24-17)11(22-15(18)13(14)19)7-6-10-5-3-4-8-21-9-10/h10,21H,2-9H2,1H3,(H2,20,23,24). The van der Waals surface area contributed by atoms with Crippen molar-refractivity contribution in [3.8, 4) is 0 Å². The van der Waals surface area contributed by atoms with Gasteiger partial charge in [-0.1, -0.05) is 36.7 Å². The number of nitrogen functional groups attached to an aromatic ring is 1. The maximum atomic E-state index is 14.5. The molecular formula is C17H23ClFN5S. The van der Waals surface area contributed by atoms with Gasteiger partial charge in [-0.2, -0.15) is 0 Å². The van der Waals surface area contributed by atoms with E-state index in [-0.39, 0.29) is 16.5 Å². The zero-order valence-corrected chi connectivity index (χ0v) is 15.9. The number of nitrogens with zero attached hydrogens (tertiary/aromatic N) is 3. The van der Waals surface area contributed by atoms with Crippen molar-refractivity contribution >= 4 is 40.1 Å². The van der Waals surface area contributed by atoms with Crippen LogP contribution in [0.2, 0.25) is 5.15 Å². The monoisotopic (exact) mass is 383 g/mol. The number of hydrogen-bond donors (Lipinski definition) is 2. The van der Waals surface area contributed by atoms with Crippen molar-refractivity contribution in [2.45, 2.75) is 44.2 Å². The summed E-state index contributed by atoms with van der Waals surface area (Å²) < 4.78 is 14.5. The number of nitrogens with two attached hydrogens (primary N) is 1. The smallest absolute Gasteiger partial charge is 0.190 e. The van der Waals surface area contributed by atoms with Gasteiger partial charge in [-0.25, -0.2) is 19.3 Å². The SMILES string of the molecule is CCSc1nc(N)c2c(CCC3CCCCNC3)nc(Cl)c(F)c2n1. The summed E-state index contributed by atoms with van der Waals surface area (Å²) >= 11 is 7.44. The second kappa shape index (κ2) is 8.47. The number of anilines is 1. The first-order chi connectivity index (χ1) is 12.1. The molecule has 3 heterocycles. The Bertz CT molecular complexity index is 750. The van der Waals surface area contributed by atoms with Gasteiger partial charge in [-0.05, 0) is 50.4 Å². The quantitative estimate of drug-likeness (QED) is 0.464. The molecule has 0 saturated carbocycles. The highest BCUT2D eigenvalue weighted by atomic mass is 35.5. The molecule has 8 heteroatoms. The lowest BCUT2D eigenvalue weighted by Crippen LogP contribution is -2.21. The van der Waals surface area contributed by atoms with E-state index in [1.807, 2.05) is 6.92 Å². The molecule has 0 spiro atoms. The lowest BCUT2D eigenvalue weighted by molar-refractivity contribution is 0.445. The van der Waals surface area contributed by atoms with Crippen molar-refractivity contribution in [2.24, 2.45) is 5.92 Å². The molecular weight excluding hydrogens is 361 g/mol. The van der Waals surface area contributed by atoms with Crippen molar-refractivity contribution in [1.82, 2.24) is 20.3 Å². The Balaban J connectivity index is 1.92. The molecule has 1 saturated heterocycles. The van der Waals surface area contributed by atoms with Crippen molar-refractivity contribution in [2.75, 3.05) is 24.6 Å². The first-order valence-corrected chi connectivity index (χ1v) is 10.1. The number of pyridine rings is 1. The van der Waals surface area contributed by atoms with E-state index in [1.54, 1.807) is 0 Å². The van der Waals surface area contributed by atoms with Crippen LogP contribution in [0.5, 0.6) is 0 Å². The highest BCUT2D eigenvalue weighted by molar-refractivity contribution is 7.99. The van der Waals surface area contributed by atoms with Crippen molar-refractivity contribution in [3.05, 3.63) is 16.7 Å². The van der Waals surface area contributed by atoms with Crippen LogP contribution < -0.4 is 11.1 Å². The minimum Gasteiger partial charge on any atom is -0.383 e. The molecule has 0 aliphatic carbocycles. The maximum absolute atomic E-state index is 14.5. The molecule has 2 aromatic rings. The lowest BCUT2D eigenvalue weighted by atomic mass is 9.96. The van der Waals surface area contributed by atoms with E-state index in [0.29, 0.717) is 28.6 Å². The Kier molecular flexibility index (Phi) is 6.30. The molecule has 1 aliphatic heterocycles. The lowest BCUT2D eigenvalue weighted by Gasteiger charge is -2.15. The van der Waals surface area contributed by atoms with Gasteiger partial charge in [0.1, 0.15) is 11.3 Å². The Morgan fingerprint density at radius 3 is 2.96 bits per heavy atom. The third-order valence-corrected chi connectivity index (χ3v) is 5.52. The first kappa shape index (κ1) is 18.6. The summed E-state index contributed by atoms with van der Waals surface area (Å²) in [6, 6.07) is 0. The van der Waals surface area contributed by atoms with E-state index < -0.39 is 5.82 Å². The fourth-order valence-corrected chi connectivity index (χ4v) is 4.04. The van der Waals surface area contributed by atoms with E-state index in [9.17, 15) is 4.39 Å². The number of fused-ring (bicyclic) bond motifs is 1. The number of thioether (sulfide) groups is 1. The largest absolute Gasteiger partial charge is 0.383 e. The van der Waals surface area contributed by atoms with Crippen LogP contribution in [0.25, 0.3) is 10.9 Å². The number of hydrogen-bond acceptors (Lipinski definition) is 6. The molecule has 1 aliphatic rings. The first-order valence-electron chi connectivity index (χ1n) is 8.74. The van der Waals surface area contributed by atoms with Crippen LogP contribution in [-0.4, -0.2) is 33.8 Å². The van der Waals surface area contributed by atoms with Gasteiger partial charge in [0.15, 0.2) is 16.1 Å². The number of aryl methyl sites for hydroxylation is 1. The second-order valence-corrected chi connectivity index (χ2v) is 7.91. The summed E-state index contributed by atoms with van der Waals surface area (Å²) in [5, 5.41) is 4.29. The minimum absolute atomic E-state index is 0.146. The molecule has 25 heavy (non-hydrogen) atoms. The molecule has 0 aromatic carbocycles. The minimum atomic E-state index is -0.622. The van der Waals surface area contributed by atoms with Crippen LogP contribution in [0.3, 0.4) is 0 Å². The van der Waals surface area contributed by atoms with Crippen molar-refractivity contribution < 1.29 is 4.39 Å². The Hall–Kier alpha value is -1.18. The van der Waals surface area contributed by atoms with Crippen LogP contribution in [0.15, 0.2) is 5.16 Å². The zero-order valence-electron chi connectivity index (χ0n) is 14.3. The van der Waals surface area contributed by atoms with Crippen molar-refractivity contribution in [1.29, 1.82) is 0 Å². The van der Waals surface area contributed by atoms with Crippen LogP contribution in [0.1, 0.15) is 38.3 Å². The molecule has 136 valence electrons. The maximum Gasteiger partial charge on any atom is 0.190 e. The van der Waals surface area contributed by atoms with Gasteiger partial charge >= 0.3 is 0 Å². The molecule has 1 fully saturated rings. The molecule has 0 bridgehead atoms. The van der Waals surface area contributed by atoms with E-state index in [0.717, 1.165) is 25.3 Å². The number of nitrogens with one attached hydrogen (secondary N) is 1. The van der Waals surface area contributed by atoms with E-state index in [4.69, 9.17) is 17.3 Å². The average Bonchev–Trinajstić information content (AvgIpc) is 2.86. The van der Waals surface area contributed by atoms with Gasteiger partial charge in [0, 0.05) is 0 Å². The van der Waals surface area contributed by atoms with Gasteiger partial charge < -0.3 is 11.1 Å². The summed E-state index contributed by atoms with van der Waals surface area (Å²) in [5.41, 5.74) is 6.98. The zero-order chi connectivity index (χ0) is 17.8. The summed E-state index contributed by atoms with van der Waals surface area (Å²) in [6.07, 6.45) is 5.30. The predicted octanol–water partition coefficient (Wildman–Crippen LogP) is 3.83. The van der Waals surface area contributed by atoms with Crippen LogP contribution in [-0.2, 0) is 6.42 Å². The number of rotatable bonds is 5. The number of aromatic nitrogens is 3. The van der Waals surface area contributed by atoms with Crippen LogP contribution in [0.4, 0.5) is 10.2 Å². The summed E-state index contributed by atoms with van der Waals surface area (Å²) in [6.45, 7) is 4.07. The predicted molar refractivity (Wildman–Crippen MR) is 102 cm³/mol. The third-order valence-electron chi connectivity index (χ3n) is 4.54. The fourth-order valence-electron chi connectivity index (χ4n) is 3.27. The average molecular weight is 384 g/mol. The molecule has 5 nitrogen and oxygen atoms in total. The molecule has 1 unspecified atom stereocenters. The highest BCUT2D eigenvalue weighted by Crippen LogP contribution is 2.31. The summed E-state index contributed by atoms with van der Waals surface area (Å²) in [4.78, 5) is 12.9. The van der Waals surface area contributed by atoms with Crippen molar-refractivity contribution in [3.63, 3.8) is 0 Å². The van der Waals surface area contributed by atoms with Gasteiger partial charge in [-0.3, -0.25) is 0 Å². The van der Waals surface area contributed by atoms with E-state index >= 15 is 0 Å². The Morgan fingerprint density at radius 1 is 1.32 bits per heavy atom. The molecule has 0 radical (unpaired) electrons. The van der Waals surface area contributed by atoms with Gasteiger partial charge in [0.25, 0.3) is 0 Å². The normalized spacial score (nSPS) is 18.4.